The molecule has 1 atom stereocenters. The molecule has 0 fully saturated rings. The molecular formula is C17H23N2O4+. The van der Waals surface area contributed by atoms with Crippen LogP contribution in [-0.4, -0.2) is 56.6 Å². The Balaban J connectivity index is 2.21. The van der Waals surface area contributed by atoms with Crippen LogP contribution >= 0.6 is 0 Å². The van der Waals surface area contributed by atoms with Crippen molar-refractivity contribution in [3.63, 3.8) is 0 Å². The molecule has 0 bridgehead atoms. The van der Waals surface area contributed by atoms with Crippen molar-refractivity contribution in [1.82, 2.24) is 5.32 Å². The first-order chi connectivity index (χ1) is 10.7. The Labute approximate surface area is 135 Å². The van der Waals surface area contributed by atoms with Crippen molar-refractivity contribution in [3.8, 4) is 0 Å². The van der Waals surface area contributed by atoms with Crippen LogP contribution in [0.4, 0.5) is 0 Å². The molecule has 2 amide bonds. The highest BCUT2D eigenvalue weighted by molar-refractivity contribution is 6.05. The van der Waals surface area contributed by atoms with E-state index in [1.54, 1.807) is 45.9 Å². The van der Waals surface area contributed by atoms with Gasteiger partial charge in [0, 0.05) is 19.4 Å². The summed E-state index contributed by atoms with van der Waals surface area (Å²) in [5.41, 5.74) is 0.185. The summed E-state index contributed by atoms with van der Waals surface area (Å²) >= 11 is 0. The van der Waals surface area contributed by atoms with Crippen LogP contribution in [0.15, 0.2) is 24.3 Å². The van der Waals surface area contributed by atoms with Gasteiger partial charge in [-0.15, -0.1) is 4.58 Å². The molecule has 0 saturated heterocycles. The van der Waals surface area contributed by atoms with E-state index in [0.29, 0.717) is 11.1 Å². The van der Waals surface area contributed by atoms with E-state index in [4.69, 9.17) is 0 Å². The highest BCUT2D eigenvalue weighted by Gasteiger charge is 2.62. The smallest absolute Gasteiger partial charge is 0.394 e. The Morgan fingerprint density at radius 3 is 2.39 bits per heavy atom. The maximum absolute atomic E-state index is 12.5. The number of aliphatic hydroxyl groups excluding tert-OH is 2. The average Bonchev–Trinajstić information content (AvgIpc) is 3.08. The lowest BCUT2D eigenvalue weighted by molar-refractivity contribution is -0.408. The van der Waals surface area contributed by atoms with Gasteiger partial charge in [0.1, 0.15) is 6.61 Å². The molecule has 6 nitrogen and oxygen atoms in total. The second-order valence-electron chi connectivity index (χ2n) is 6.73. The van der Waals surface area contributed by atoms with Crippen LogP contribution < -0.4 is 5.32 Å². The highest BCUT2D eigenvalue weighted by atomic mass is 16.3. The molecule has 2 rings (SSSR count). The van der Waals surface area contributed by atoms with Crippen LogP contribution in [0, 0.1) is 0 Å². The van der Waals surface area contributed by atoms with Gasteiger partial charge in [0.2, 0.25) is 5.71 Å². The lowest BCUT2D eigenvalue weighted by atomic mass is 10.0. The van der Waals surface area contributed by atoms with Crippen molar-refractivity contribution in [2.24, 2.45) is 0 Å². The molecule has 1 aliphatic heterocycles. The summed E-state index contributed by atoms with van der Waals surface area (Å²) in [6.07, 6.45) is 0. The zero-order valence-electron chi connectivity index (χ0n) is 13.9. The van der Waals surface area contributed by atoms with Crippen LogP contribution in [0.3, 0.4) is 0 Å². The Hall–Kier alpha value is -2.05. The molecule has 23 heavy (non-hydrogen) atoms. The van der Waals surface area contributed by atoms with Gasteiger partial charge in [-0.3, -0.25) is 4.79 Å². The predicted octanol–water partition coefficient (Wildman–Crippen LogP) is 0.565. The minimum Gasteiger partial charge on any atom is -0.394 e. The summed E-state index contributed by atoms with van der Waals surface area (Å²) < 4.78 is 1.53. The molecule has 1 aliphatic rings. The van der Waals surface area contributed by atoms with E-state index in [-0.39, 0.29) is 25.0 Å². The third kappa shape index (κ3) is 3.18. The number of hydrogen-bond donors (Lipinski definition) is 3. The minimum absolute atomic E-state index is 0.130. The topological polar surface area (TPSA) is 89.6 Å². The van der Waals surface area contributed by atoms with Gasteiger partial charge in [-0.2, -0.15) is 0 Å². The normalized spacial score (nSPS) is 20.4. The van der Waals surface area contributed by atoms with Gasteiger partial charge in [0.05, 0.1) is 17.7 Å². The maximum atomic E-state index is 12.5. The minimum atomic E-state index is -0.739. The third-order valence-electron chi connectivity index (χ3n) is 4.29. The van der Waals surface area contributed by atoms with Crippen molar-refractivity contribution in [1.29, 1.82) is 0 Å². The van der Waals surface area contributed by atoms with E-state index in [1.165, 1.54) is 10.6 Å². The second-order valence-corrected chi connectivity index (χ2v) is 6.73. The molecule has 1 aromatic carbocycles. The molecule has 1 aromatic rings. The van der Waals surface area contributed by atoms with Crippen molar-refractivity contribution in [2.45, 2.75) is 38.8 Å². The van der Waals surface area contributed by atoms with Crippen molar-refractivity contribution in [2.75, 3.05) is 13.2 Å². The van der Waals surface area contributed by atoms with Gasteiger partial charge in [0.25, 0.3) is 11.4 Å². The van der Waals surface area contributed by atoms with E-state index >= 15 is 0 Å². The Kier molecular flexibility index (Phi) is 4.41. The Bertz CT molecular complexity index is 694. The van der Waals surface area contributed by atoms with E-state index in [9.17, 15) is 19.8 Å². The Morgan fingerprint density at radius 1 is 1.26 bits per heavy atom. The first-order valence-corrected chi connectivity index (χ1v) is 7.49. The predicted molar refractivity (Wildman–Crippen MR) is 85.8 cm³/mol. The molecule has 0 aromatic heterocycles. The summed E-state index contributed by atoms with van der Waals surface area (Å²) in [7, 11) is 0. The Morgan fingerprint density at radius 2 is 1.87 bits per heavy atom. The number of nitrogens with zero attached hydrogens (tertiary/aromatic N) is 1. The molecule has 0 saturated carbocycles. The lowest BCUT2D eigenvalue weighted by Gasteiger charge is -2.23. The van der Waals surface area contributed by atoms with E-state index in [0.717, 1.165) is 5.71 Å². The number of aliphatic hydroxyl groups is 2. The monoisotopic (exact) mass is 319 g/mol. The zero-order valence-corrected chi connectivity index (χ0v) is 13.9. The SMILES string of the molecule is CC1=[N+](C(=O)c2cccc(C(=O)NC(C)(C)CO)c2)C1(C)CO. The van der Waals surface area contributed by atoms with E-state index in [1.807, 2.05) is 0 Å². The maximum Gasteiger partial charge on any atom is 0.420 e. The molecule has 0 aliphatic carbocycles. The lowest BCUT2D eigenvalue weighted by Crippen LogP contribution is -2.46. The van der Waals surface area contributed by atoms with Crippen LogP contribution in [0.25, 0.3) is 0 Å². The van der Waals surface area contributed by atoms with Gasteiger partial charge >= 0.3 is 5.91 Å². The fraction of sp³-hybridized carbons (Fsp3) is 0.471. The molecule has 3 N–H and O–H groups in total. The highest BCUT2D eigenvalue weighted by Crippen LogP contribution is 2.28. The van der Waals surface area contributed by atoms with Crippen molar-refractivity contribution in [3.05, 3.63) is 35.4 Å². The summed E-state index contributed by atoms with van der Waals surface area (Å²) in [6, 6.07) is 6.42. The van der Waals surface area contributed by atoms with Gasteiger partial charge in [-0.1, -0.05) is 6.07 Å². The van der Waals surface area contributed by atoms with Gasteiger partial charge in [0.15, 0.2) is 0 Å². The van der Waals surface area contributed by atoms with Gasteiger partial charge in [-0.05, 0) is 32.0 Å². The van der Waals surface area contributed by atoms with Crippen LogP contribution in [0.5, 0.6) is 0 Å². The number of nitrogens with one attached hydrogen (secondary N) is 1. The second kappa shape index (κ2) is 5.86. The van der Waals surface area contributed by atoms with Crippen LogP contribution in [-0.2, 0) is 0 Å². The van der Waals surface area contributed by atoms with Crippen LogP contribution in [0.2, 0.25) is 0 Å². The molecule has 1 heterocycles. The first kappa shape index (κ1) is 17.3. The zero-order chi connectivity index (χ0) is 17.4. The standard InChI is InChI=1S/C17H22N2O4/c1-11-17(4,10-21)19(11)15(23)13-7-5-6-12(8-13)14(22)18-16(2,3)9-20/h5-8,20-21H,9-10H2,1-4H3/p+1. The number of carbonyl (C=O) groups excluding carboxylic acids is 2. The average molecular weight is 319 g/mol. The van der Waals surface area contributed by atoms with E-state index in [2.05, 4.69) is 5.32 Å². The number of carbonyl (C=O) groups is 2. The fourth-order valence-electron chi connectivity index (χ4n) is 2.42. The van der Waals surface area contributed by atoms with Crippen molar-refractivity contribution < 1.29 is 24.4 Å². The molecule has 0 spiro atoms. The third-order valence-corrected chi connectivity index (χ3v) is 4.29. The largest absolute Gasteiger partial charge is 0.420 e. The van der Waals surface area contributed by atoms with E-state index < -0.39 is 11.1 Å². The number of rotatable bonds is 5. The quantitative estimate of drug-likeness (QED) is 0.692. The summed E-state index contributed by atoms with van der Waals surface area (Å²) in [6.45, 7) is 6.69. The number of hydrogen-bond acceptors (Lipinski definition) is 4. The number of amides is 2. The summed E-state index contributed by atoms with van der Waals surface area (Å²) in [5, 5.41) is 21.3. The summed E-state index contributed by atoms with van der Waals surface area (Å²) in [5.74, 6) is -0.592. The molecule has 0 radical (unpaired) electrons. The number of benzene rings is 1. The first-order valence-electron chi connectivity index (χ1n) is 7.49. The van der Waals surface area contributed by atoms with Gasteiger partial charge < -0.3 is 15.5 Å². The van der Waals surface area contributed by atoms with Gasteiger partial charge in [-0.25, -0.2) is 4.79 Å². The van der Waals surface area contributed by atoms with Crippen LogP contribution in [0.1, 0.15) is 48.4 Å². The molecular weight excluding hydrogens is 296 g/mol. The van der Waals surface area contributed by atoms with Crippen molar-refractivity contribution >= 4 is 17.5 Å². The molecule has 6 heteroatoms. The molecule has 124 valence electrons. The molecule has 1 unspecified atom stereocenters. The fourth-order valence-corrected chi connectivity index (χ4v) is 2.42. The summed E-state index contributed by atoms with van der Waals surface area (Å²) in [4.78, 5) is 24.8.